The fourth-order valence-corrected chi connectivity index (χ4v) is 3.40. The maximum Gasteiger partial charge on any atom is 0.286 e. The molecule has 0 unspecified atom stereocenters. The maximum atomic E-state index is 13.1. The van der Waals surface area contributed by atoms with Crippen molar-refractivity contribution in [2.75, 3.05) is 7.11 Å². The number of hydrogen-bond acceptors (Lipinski definition) is 6. The van der Waals surface area contributed by atoms with Gasteiger partial charge in [0.2, 0.25) is 11.5 Å². The molecule has 2 aromatic heterocycles. The molecule has 2 heterocycles. The molecule has 0 saturated heterocycles. The standard InChI is InChI=1S/C23H21N3O4/c1-14-24-15(2)26(25-14)13-16-8-10-17(11-9-16)18-6-4-5-7-19(18)22(28)23-20(29-3)12-21(27)30-23/h4-12,27H,13H2,1-3H3. The predicted molar refractivity (Wildman–Crippen MR) is 111 cm³/mol. The van der Waals surface area contributed by atoms with Gasteiger partial charge in [-0.2, -0.15) is 5.10 Å². The quantitative estimate of drug-likeness (QED) is 0.487. The Hall–Kier alpha value is -3.87. The summed E-state index contributed by atoms with van der Waals surface area (Å²) >= 11 is 0. The van der Waals surface area contributed by atoms with Gasteiger partial charge in [0.05, 0.1) is 19.7 Å². The van der Waals surface area contributed by atoms with Crippen LogP contribution in [0.5, 0.6) is 11.7 Å². The molecule has 0 aliphatic heterocycles. The molecular formula is C23H21N3O4. The first-order valence-electron chi connectivity index (χ1n) is 9.44. The molecule has 0 bridgehead atoms. The Morgan fingerprint density at radius 2 is 1.87 bits per heavy atom. The number of benzene rings is 2. The molecule has 7 nitrogen and oxygen atoms in total. The van der Waals surface area contributed by atoms with Gasteiger partial charge < -0.3 is 14.3 Å². The number of carbonyl (C=O) groups excluding carboxylic acids is 1. The molecule has 4 aromatic rings. The second-order valence-corrected chi connectivity index (χ2v) is 6.92. The summed E-state index contributed by atoms with van der Waals surface area (Å²) < 4.78 is 12.2. The van der Waals surface area contributed by atoms with Gasteiger partial charge in [-0.3, -0.25) is 4.79 Å². The fraction of sp³-hybridized carbons (Fsp3) is 0.174. The van der Waals surface area contributed by atoms with E-state index in [1.54, 1.807) is 12.1 Å². The first-order chi connectivity index (χ1) is 14.5. The van der Waals surface area contributed by atoms with Gasteiger partial charge in [-0.15, -0.1) is 0 Å². The Labute approximate surface area is 173 Å². The minimum Gasteiger partial charge on any atom is -0.492 e. The molecule has 4 rings (SSSR count). The number of methoxy groups -OCH3 is 1. The molecule has 0 fully saturated rings. The minimum atomic E-state index is -0.365. The molecule has 0 amide bonds. The van der Waals surface area contributed by atoms with Gasteiger partial charge in [0.25, 0.3) is 5.95 Å². The molecule has 152 valence electrons. The number of rotatable bonds is 6. The Morgan fingerprint density at radius 3 is 2.53 bits per heavy atom. The summed E-state index contributed by atoms with van der Waals surface area (Å²) in [5, 5.41) is 14.0. The number of hydrogen-bond donors (Lipinski definition) is 1. The van der Waals surface area contributed by atoms with Crippen molar-refractivity contribution in [2.24, 2.45) is 0 Å². The van der Waals surface area contributed by atoms with Gasteiger partial charge in [-0.25, -0.2) is 9.67 Å². The number of aromatic hydroxyl groups is 1. The molecule has 2 aromatic carbocycles. The lowest BCUT2D eigenvalue weighted by molar-refractivity contribution is 0.0999. The molecular weight excluding hydrogens is 382 g/mol. The van der Waals surface area contributed by atoms with Gasteiger partial charge in [0.15, 0.2) is 5.75 Å². The van der Waals surface area contributed by atoms with Crippen LogP contribution in [0.25, 0.3) is 11.1 Å². The fourth-order valence-electron chi connectivity index (χ4n) is 3.40. The zero-order valence-electron chi connectivity index (χ0n) is 16.9. The molecule has 0 aliphatic rings. The van der Waals surface area contributed by atoms with Crippen LogP contribution in [0.1, 0.15) is 33.3 Å². The zero-order chi connectivity index (χ0) is 21.3. The highest BCUT2D eigenvalue weighted by Crippen LogP contribution is 2.33. The SMILES string of the molecule is COc1cc(O)oc1C(=O)c1ccccc1-c1ccc(Cn2nc(C)nc2C)cc1. The van der Waals surface area contributed by atoms with Gasteiger partial charge in [0, 0.05) is 5.56 Å². The van der Waals surface area contributed by atoms with E-state index in [0.717, 1.165) is 28.3 Å². The molecule has 0 radical (unpaired) electrons. The molecule has 1 N–H and O–H groups in total. The van der Waals surface area contributed by atoms with Crippen LogP contribution in [-0.4, -0.2) is 32.8 Å². The van der Waals surface area contributed by atoms with Crippen molar-refractivity contribution in [1.29, 1.82) is 0 Å². The zero-order valence-corrected chi connectivity index (χ0v) is 16.9. The number of aryl methyl sites for hydroxylation is 2. The van der Waals surface area contributed by atoms with Crippen LogP contribution in [0.2, 0.25) is 0 Å². The second kappa shape index (κ2) is 7.87. The summed E-state index contributed by atoms with van der Waals surface area (Å²) in [5.74, 6) is 1.05. The molecule has 0 spiro atoms. The number of furan rings is 1. The Morgan fingerprint density at radius 1 is 1.13 bits per heavy atom. The largest absolute Gasteiger partial charge is 0.492 e. The van der Waals surface area contributed by atoms with E-state index in [2.05, 4.69) is 10.1 Å². The summed E-state index contributed by atoms with van der Waals surface area (Å²) in [6.45, 7) is 4.42. The number of ketones is 1. The van der Waals surface area contributed by atoms with Crippen LogP contribution in [0.15, 0.2) is 59.0 Å². The number of carbonyl (C=O) groups is 1. The second-order valence-electron chi connectivity index (χ2n) is 6.92. The predicted octanol–water partition coefficient (Wildman–Crippen LogP) is 4.15. The molecule has 0 aliphatic carbocycles. The lowest BCUT2D eigenvalue weighted by atomic mass is 9.95. The van der Waals surface area contributed by atoms with Crippen LogP contribution in [0, 0.1) is 13.8 Å². The normalized spacial score (nSPS) is 10.9. The summed E-state index contributed by atoms with van der Waals surface area (Å²) in [7, 11) is 1.42. The van der Waals surface area contributed by atoms with Gasteiger partial charge in [0.1, 0.15) is 11.6 Å². The van der Waals surface area contributed by atoms with Crippen molar-refractivity contribution < 1.29 is 19.1 Å². The lowest BCUT2D eigenvalue weighted by Crippen LogP contribution is -2.05. The Bertz CT molecular complexity index is 1210. The van der Waals surface area contributed by atoms with Crippen LogP contribution < -0.4 is 4.74 Å². The van der Waals surface area contributed by atoms with E-state index in [9.17, 15) is 9.90 Å². The molecule has 0 atom stereocenters. The van der Waals surface area contributed by atoms with E-state index in [1.165, 1.54) is 13.2 Å². The smallest absolute Gasteiger partial charge is 0.286 e. The van der Waals surface area contributed by atoms with Crippen LogP contribution in [0.4, 0.5) is 0 Å². The van der Waals surface area contributed by atoms with Crippen molar-refractivity contribution in [2.45, 2.75) is 20.4 Å². The highest BCUT2D eigenvalue weighted by atomic mass is 16.5. The topological polar surface area (TPSA) is 90.4 Å². The highest BCUT2D eigenvalue weighted by Gasteiger charge is 2.23. The third-order valence-electron chi connectivity index (χ3n) is 4.84. The van der Waals surface area contributed by atoms with Gasteiger partial charge in [-0.1, -0.05) is 48.5 Å². The summed E-state index contributed by atoms with van der Waals surface area (Å²) in [6, 6.07) is 16.5. The highest BCUT2D eigenvalue weighted by molar-refractivity contribution is 6.12. The minimum absolute atomic E-state index is 0.0314. The van der Waals surface area contributed by atoms with E-state index < -0.39 is 0 Å². The van der Waals surface area contributed by atoms with Crippen molar-refractivity contribution in [3.63, 3.8) is 0 Å². The van der Waals surface area contributed by atoms with Crippen molar-refractivity contribution in [1.82, 2.24) is 14.8 Å². The summed E-state index contributed by atoms with van der Waals surface area (Å²) in [6.07, 6.45) is 0. The number of nitrogens with zero attached hydrogens (tertiary/aromatic N) is 3. The Kier molecular flexibility index (Phi) is 5.10. The van der Waals surface area contributed by atoms with Crippen LogP contribution in [-0.2, 0) is 6.54 Å². The van der Waals surface area contributed by atoms with E-state index >= 15 is 0 Å². The van der Waals surface area contributed by atoms with E-state index in [4.69, 9.17) is 9.15 Å². The number of ether oxygens (including phenoxy) is 1. The first kappa shape index (κ1) is 19.4. The van der Waals surface area contributed by atoms with Crippen molar-refractivity contribution in [3.05, 3.63) is 83.1 Å². The van der Waals surface area contributed by atoms with Gasteiger partial charge >= 0.3 is 0 Å². The van der Waals surface area contributed by atoms with E-state index in [1.807, 2.05) is 54.9 Å². The average molecular weight is 403 g/mol. The number of aromatic nitrogens is 3. The van der Waals surface area contributed by atoms with Crippen LogP contribution in [0.3, 0.4) is 0 Å². The Balaban J connectivity index is 1.65. The van der Waals surface area contributed by atoms with E-state index in [-0.39, 0.29) is 23.2 Å². The summed E-state index contributed by atoms with van der Waals surface area (Å²) in [5.41, 5.74) is 3.19. The average Bonchev–Trinajstić information content (AvgIpc) is 3.28. The van der Waals surface area contributed by atoms with E-state index in [0.29, 0.717) is 12.1 Å². The van der Waals surface area contributed by atoms with Gasteiger partial charge in [-0.05, 0) is 30.5 Å². The summed E-state index contributed by atoms with van der Waals surface area (Å²) in [4.78, 5) is 17.4. The van der Waals surface area contributed by atoms with Crippen molar-refractivity contribution >= 4 is 5.78 Å². The third-order valence-corrected chi connectivity index (χ3v) is 4.84. The monoisotopic (exact) mass is 403 g/mol. The van der Waals surface area contributed by atoms with Crippen LogP contribution >= 0.6 is 0 Å². The molecule has 7 heteroatoms. The lowest BCUT2D eigenvalue weighted by Gasteiger charge is -2.10. The van der Waals surface area contributed by atoms with Crippen molar-refractivity contribution in [3.8, 4) is 22.8 Å². The molecule has 30 heavy (non-hydrogen) atoms. The maximum absolute atomic E-state index is 13.1. The third kappa shape index (κ3) is 3.69. The molecule has 0 saturated carbocycles. The first-order valence-corrected chi connectivity index (χ1v) is 9.44.